The maximum atomic E-state index is 12.8. The summed E-state index contributed by atoms with van der Waals surface area (Å²) < 4.78 is 12.8. The molecule has 7 heteroatoms. The van der Waals surface area contributed by atoms with Crippen LogP contribution < -0.4 is 10.7 Å². The van der Waals surface area contributed by atoms with E-state index >= 15 is 0 Å². The topological polar surface area (TPSA) is 101 Å². The van der Waals surface area contributed by atoms with E-state index in [0.717, 1.165) is 0 Å². The Morgan fingerprint density at radius 3 is 2.09 bits per heavy atom. The second-order valence-corrected chi connectivity index (χ2v) is 4.33. The summed E-state index contributed by atoms with van der Waals surface area (Å²) in [5, 5.41) is 23.3. The summed E-state index contributed by atoms with van der Waals surface area (Å²) in [5.41, 5.74) is 3.63. The average Bonchev–Trinajstić information content (AvgIpc) is 2.58. The molecule has 2 N–H and O–H groups in total. The van der Waals surface area contributed by atoms with Gasteiger partial charge < -0.3 is 5.32 Å². The fourth-order valence-corrected chi connectivity index (χ4v) is 1.63. The molecule has 0 aliphatic rings. The van der Waals surface area contributed by atoms with Crippen molar-refractivity contribution in [3.8, 4) is 12.1 Å². The molecule has 2 rings (SSSR count). The van der Waals surface area contributed by atoms with Crippen molar-refractivity contribution in [1.82, 2.24) is 0 Å². The Morgan fingerprint density at radius 1 is 0.957 bits per heavy atom. The number of hydrogen-bond donors (Lipinski definition) is 2. The number of hydrogen-bond acceptors (Lipinski definition) is 5. The number of nitrogens with one attached hydrogen (secondary N) is 2. The molecule has 0 aliphatic carbocycles. The van der Waals surface area contributed by atoms with E-state index in [-0.39, 0.29) is 17.4 Å². The summed E-state index contributed by atoms with van der Waals surface area (Å²) in [7, 11) is 0. The SMILES string of the molecule is N#CC(C#N)=NNc1ccc(C(=O)Nc2ccc(F)cc2)cc1. The Morgan fingerprint density at radius 2 is 1.52 bits per heavy atom. The van der Waals surface area contributed by atoms with E-state index in [1.54, 1.807) is 36.4 Å². The molecule has 0 unspecified atom stereocenters. The van der Waals surface area contributed by atoms with Gasteiger partial charge in [-0.25, -0.2) is 4.39 Å². The zero-order chi connectivity index (χ0) is 16.7. The van der Waals surface area contributed by atoms with Gasteiger partial charge in [-0.05, 0) is 48.5 Å². The zero-order valence-electron chi connectivity index (χ0n) is 11.7. The van der Waals surface area contributed by atoms with E-state index in [0.29, 0.717) is 16.9 Å². The number of amides is 1. The van der Waals surface area contributed by atoms with Gasteiger partial charge in [-0.3, -0.25) is 10.2 Å². The van der Waals surface area contributed by atoms with Gasteiger partial charge >= 0.3 is 0 Å². The zero-order valence-corrected chi connectivity index (χ0v) is 11.7. The molecule has 2 aromatic carbocycles. The van der Waals surface area contributed by atoms with Crippen molar-refractivity contribution in [1.29, 1.82) is 10.5 Å². The molecule has 0 saturated carbocycles. The largest absolute Gasteiger partial charge is 0.322 e. The summed E-state index contributed by atoms with van der Waals surface area (Å²) in [5.74, 6) is -0.727. The number of nitriles is 2. The Bertz CT molecular complexity index is 798. The monoisotopic (exact) mass is 307 g/mol. The molecule has 6 nitrogen and oxygen atoms in total. The van der Waals surface area contributed by atoms with Crippen LogP contribution >= 0.6 is 0 Å². The number of benzene rings is 2. The van der Waals surface area contributed by atoms with Crippen molar-refractivity contribution in [3.63, 3.8) is 0 Å². The Hall–Kier alpha value is -3.71. The molecule has 0 radical (unpaired) electrons. The third-order valence-corrected chi connectivity index (χ3v) is 2.76. The maximum absolute atomic E-state index is 12.8. The highest BCUT2D eigenvalue weighted by molar-refractivity contribution is 6.10. The van der Waals surface area contributed by atoms with Crippen LogP contribution in [0.25, 0.3) is 0 Å². The second-order valence-electron chi connectivity index (χ2n) is 4.33. The first-order valence-electron chi connectivity index (χ1n) is 6.43. The molecule has 0 saturated heterocycles. The van der Waals surface area contributed by atoms with E-state index in [2.05, 4.69) is 15.8 Å². The molecule has 0 aromatic heterocycles. The van der Waals surface area contributed by atoms with Crippen LogP contribution in [0.5, 0.6) is 0 Å². The van der Waals surface area contributed by atoms with E-state index in [1.165, 1.54) is 24.3 Å². The Labute approximate surface area is 131 Å². The lowest BCUT2D eigenvalue weighted by molar-refractivity contribution is 0.102. The lowest BCUT2D eigenvalue weighted by Gasteiger charge is -2.06. The van der Waals surface area contributed by atoms with Crippen LogP contribution in [0, 0.1) is 28.5 Å². The van der Waals surface area contributed by atoms with E-state index < -0.39 is 0 Å². The Balaban J connectivity index is 2.03. The first-order chi connectivity index (χ1) is 11.1. The average molecular weight is 307 g/mol. The van der Waals surface area contributed by atoms with Gasteiger partial charge in [0.1, 0.15) is 18.0 Å². The predicted molar refractivity (Wildman–Crippen MR) is 83.1 cm³/mol. The molecular weight excluding hydrogens is 297 g/mol. The second kappa shape index (κ2) is 7.34. The van der Waals surface area contributed by atoms with Gasteiger partial charge in [0.2, 0.25) is 5.71 Å². The van der Waals surface area contributed by atoms with Gasteiger partial charge in [0.05, 0.1) is 5.69 Å². The van der Waals surface area contributed by atoms with Crippen molar-refractivity contribution in [2.75, 3.05) is 10.7 Å². The van der Waals surface area contributed by atoms with E-state index in [1.807, 2.05) is 0 Å². The van der Waals surface area contributed by atoms with E-state index in [4.69, 9.17) is 10.5 Å². The van der Waals surface area contributed by atoms with Crippen LogP contribution in [0.15, 0.2) is 53.6 Å². The van der Waals surface area contributed by atoms with Gasteiger partial charge in [0.15, 0.2) is 0 Å². The molecule has 0 bridgehead atoms. The lowest BCUT2D eigenvalue weighted by atomic mass is 10.2. The number of halogens is 1. The molecule has 1 amide bonds. The van der Waals surface area contributed by atoms with Crippen molar-refractivity contribution in [3.05, 3.63) is 59.9 Å². The highest BCUT2D eigenvalue weighted by atomic mass is 19.1. The van der Waals surface area contributed by atoms with Crippen LogP contribution in [0.1, 0.15) is 10.4 Å². The highest BCUT2D eigenvalue weighted by Crippen LogP contribution is 2.13. The summed E-state index contributed by atoms with van der Waals surface area (Å²) in [6.45, 7) is 0. The number of anilines is 2. The summed E-state index contributed by atoms with van der Waals surface area (Å²) in [4.78, 5) is 12.0. The number of carbonyl (C=O) groups is 1. The van der Waals surface area contributed by atoms with Crippen LogP contribution in [-0.4, -0.2) is 11.6 Å². The summed E-state index contributed by atoms with van der Waals surface area (Å²) in [6, 6.07) is 14.9. The standard InChI is InChI=1S/C16H10FN5O/c17-12-3-7-13(8-4-12)20-16(23)11-1-5-14(6-2-11)21-22-15(9-18)10-19/h1-8,21H,(H,20,23). The predicted octanol–water partition coefficient (Wildman–Crippen LogP) is 2.89. The molecular formula is C16H10FN5O. The molecule has 23 heavy (non-hydrogen) atoms. The molecule has 0 spiro atoms. The van der Waals surface area contributed by atoms with Gasteiger partial charge in [0.25, 0.3) is 5.91 Å². The quantitative estimate of drug-likeness (QED) is 0.669. The van der Waals surface area contributed by atoms with Crippen molar-refractivity contribution in [2.45, 2.75) is 0 Å². The lowest BCUT2D eigenvalue weighted by Crippen LogP contribution is -2.11. The summed E-state index contributed by atoms with van der Waals surface area (Å²) in [6.07, 6.45) is 0. The number of rotatable bonds is 4. The fourth-order valence-electron chi connectivity index (χ4n) is 1.63. The molecule has 2 aromatic rings. The number of nitrogens with zero attached hydrogens (tertiary/aromatic N) is 3. The highest BCUT2D eigenvalue weighted by Gasteiger charge is 2.06. The minimum atomic E-state index is -0.381. The first-order valence-corrected chi connectivity index (χ1v) is 6.43. The first kappa shape index (κ1) is 15.7. The molecule has 0 fully saturated rings. The van der Waals surface area contributed by atoms with E-state index in [9.17, 15) is 9.18 Å². The van der Waals surface area contributed by atoms with Crippen molar-refractivity contribution >= 4 is 23.0 Å². The molecule has 0 atom stereocenters. The fraction of sp³-hybridized carbons (Fsp3) is 0. The normalized spacial score (nSPS) is 9.17. The smallest absolute Gasteiger partial charge is 0.255 e. The number of carbonyl (C=O) groups excluding carboxylic acids is 1. The minimum Gasteiger partial charge on any atom is -0.322 e. The van der Waals surface area contributed by atoms with Crippen LogP contribution in [0.3, 0.4) is 0 Å². The Kier molecular flexibility index (Phi) is 5.00. The third kappa shape index (κ3) is 4.38. The molecule has 112 valence electrons. The van der Waals surface area contributed by atoms with Gasteiger partial charge in [-0.2, -0.15) is 15.6 Å². The summed E-state index contributed by atoms with van der Waals surface area (Å²) >= 11 is 0. The molecule has 0 heterocycles. The number of hydrazone groups is 1. The third-order valence-electron chi connectivity index (χ3n) is 2.76. The van der Waals surface area contributed by atoms with Crippen LogP contribution in [-0.2, 0) is 0 Å². The molecule has 0 aliphatic heterocycles. The van der Waals surface area contributed by atoms with Crippen LogP contribution in [0.2, 0.25) is 0 Å². The maximum Gasteiger partial charge on any atom is 0.255 e. The van der Waals surface area contributed by atoms with Crippen LogP contribution in [0.4, 0.5) is 15.8 Å². The van der Waals surface area contributed by atoms with Gasteiger partial charge in [-0.1, -0.05) is 0 Å². The van der Waals surface area contributed by atoms with Gasteiger partial charge in [-0.15, -0.1) is 0 Å². The van der Waals surface area contributed by atoms with Gasteiger partial charge in [0, 0.05) is 11.3 Å². The van der Waals surface area contributed by atoms with Crippen molar-refractivity contribution < 1.29 is 9.18 Å². The minimum absolute atomic E-state index is 0.303. The van der Waals surface area contributed by atoms with Crippen molar-refractivity contribution in [2.24, 2.45) is 5.10 Å².